The molecule has 1 saturated heterocycles. The average molecular weight is 567 g/mol. The van der Waals surface area contributed by atoms with Crippen molar-refractivity contribution in [2.75, 3.05) is 19.7 Å². The van der Waals surface area contributed by atoms with Crippen molar-refractivity contribution >= 4 is 5.84 Å². The molecular weight excluding hydrogens is 532 g/mol. The Hall–Kier alpha value is -4.41. The van der Waals surface area contributed by atoms with Crippen LogP contribution in [0.4, 0.5) is 0 Å². The Labute approximate surface area is 246 Å². The molecule has 0 bridgehead atoms. The van der Waals surface area contributed by atoms with Crippen molar-refractivity contribution in [1.29, 1.82) is 0 Å². The molecule has 2 aliphatic heterocycles. The second-order valence-electron chi connectivity index (χ2n) is 9.57. The van der Waals surface area contributed by atoms with Gasteiger partial charge in [-0.25, -0.2) is 0 Å². The van der Waals surface area contributed by atoms with Crippen molar-refractivity contribution < 1.29 is 29.9 Å². The normalized spacial score (nSPS) is 22.5. The second kappa shape index (κ2) is 15.0. The van der Waals surface area contributed by atoms with Crippen LogP contribution in [0.3, 0.4) is 0 Å². The summed E-state index contributed by atoms with van der Waals surface area (Å²) in [5.41, 5.74) is 4.30. The molecule has 0 aliphatic carbocycles. The van der Waals surface area contributed by atoms with Crippen molar-refractivity contribution in [3.63, 3.8) is 0 Å². The molecule has 0 amide bonds. The number of hydrogen-bond donors (Lipinski definition) is 5. The van der Waals surface area contributed by atoms with Crippen LogP contribution in [0.2, 0.25) is 0 Å². The van der Waals surface area contributed by atoms with Gasteiger partial charge in [0.1, 0.15) is 36.0 Å². The Kier molecular flexibility index (Phi) is 10.9. The van der Waals surface area contributed by atoms with Crippen LogP contribution in [0, 0.1) is 23.7 Å². The highest BCUT2D eigenvalue weighted by atomic mass is 16.7. The molecule has 0 radical (unpaired) electrons. The minimum absolute atomic E-state index is 0.358. The molecule has 8 nitrogen and oxygen atoms in total. The van der Waals surface area contributed by atoms with Gasteiger partial charge < -0.3 is 35.2 Å². The summed E-state index contributed by atoms with van der Waals surface area (Å²) in [7, 11) is 0. The SMILES string of the molecule is C=CC.OCC1OC(Oc2cccc(C#Cc3ccc(C#Cc4cccc(C5=NCCN5)c4)cc3)c2)C(O)C(O)C1O. The van der Waals surface area contributed by atoms with Crippen molar-refractivity contribution in [1.82, 2.24) is 5.32 Å². The van der Waals surface area contributed by atoms with Gasteiger partial charge >= 0.3 is 0 Å². The topological polar surface area (TPSA) is 124 Å². The van der Waals surface area contributed by atoms with Crippen LogP contribution < -0.4 is 10.1 Å². The van der Waals surface area contributed by atoms with Crippen LogP contribution in [0.1, 0.15) is 34.7 Å². The molecule has 2 aliphatic rings. The summed E-state index contributed by atoms with van der Waals surface area (Å²) in [4.78, 5) is 4.46. The number of amidine groups is 1. The molecule has 5 atom stereocenters. The predicted molar refractivity (Wildman–Crippen MR) is 161 cm³/mol. The molecule has 2 heterocycles. The molecular formula is C34H34N2O6. The first kappa shape index (κ1) is 30.5. The van der Waals surface area contributed by atoms with E-state index in [1.165, 1.54) is 0 Å². The Morgan fingerprint density at radius 2 is 1.48 bits per heavy atom. The monoisotopic (exact) mass is 566 g/mol. The summed E-state index contributed by atoms with van der Waals surface area (Å²) in [6.07, 6.45) is -4.99. The Bertz CT molecular complexity index is 1510. The summed E-state index contributed by atoms with van der Waals surface area (Å²) in [5, 5.41) is 42.7. The molecule has 0 aromatic heterocycles. The zero-order valence-electron chi connectivity index (χ0n) is 23.3. The number of hydrogen-bond acceptors (Lipinski definition) is 8. The Morgan fingerprint density at radius 1 is 0.881 bits per heavy atom. The maximum absolute atomic E-state index is 10.2. The van der Waals surface area contributed by atoms with E-state index in [1.807, 2.05) is 61.5 Å². The van der Waals surface area contributed by atoms with Crippen LogP contribution in [-0.2, 0) is 4.74 Å². The minimum Gasteiger partial charge on any atom is -0.462 e. The largest absolute Gasteiger partial charge is 0.462 e. The lowest BCUT2D eigenvalue weighted by atomic mass is 9.99. The summed E-state index contributed by atoms with van der Waals surface area (Å²) >= 11 is 0. The summed E-state index contributed by atoms with van der Waals surface area (Å²) in [5.74, 6) is 13.8. The van der Waals surface area contributed by atoms with E-state index in [-0.39, 0.29) is 0 Å². The fourth-order valence-electron chi connectivity index (χ4n) is 4.21. The minimum atomic E-state index is -1.51. The molecule has 42 heavy (non-hydrogen) atoms. The number of aliphatic hydroxyl groups is 4. The van der Waals surface area contributed by atoms with Crippen molar-refractivity contribution in [2.45, 2.75) is 37.6 Å². The molecule has 5 rings (SSSR count). The molecule has 0 saturated carbocycles. The maximum atomic E-state index is 10.2. The van der Waals surface area contributed by atoms with Crippen LogP contribution >= 0.6 is 0 Å². The predicted octanol–water partition coefficient (Wildman–Crippen LogP) is 2.21. The van der Waals surface area contributed by atoms with E-state index in [4.69, 9.17) is 9.47 Å². The van der Waals surface area contributed by atoms with Crippen molar-refractivity contribution in [3.05, 3.63) is 113 Å². The van der Waals surface area contributed by atoms with Gasteiger partial charge in [0.2, 0.25) is 6.29 Å². The van der Waals surface area contributed by atoms with Gasteiger partial charge in [0.05, 0.1) is 13.2 Å². The van der Waals surface area contributed by atoms with Crippen LogP contribution in [0.25, 0.3) is 0 Å². The average Bonchev–Trinajstić information content (AvgIpc) is 3.56. The maximum Gasteiger partial charge on any atom is 0.229 e. The number of rotatable bonds is 4. The number of nitrogens with zero attached hydrogens (tertiary/aromatic N) is 1. The fourth-order valence-corrected chi connectivity index (χ4v) is 4.21. The first-order chi connectivity index (χ1) is 20.4. The molecule has 3 aromatic rings. The first-order valence-electron chi connectivity index (χ1n) is 13.6. The summed E-state index contributed by atoms with van der Waals surface area (Å²) in [6.45, 7) is 6.38. The fraction of sp³-hybridized carbons (Fsp3) is 0.265. The Balaban J connectivity index is 0.00000129. The molecule has 216 valence electrons. The van der Waals surface area contributed by atoms with Gasteiger partial charge in [-0.2, -0.15) is 0 Å². The zero-order chi connectivity index (χ0) is 29.9. The van der Waals surface area contributed by atoms with Crippen molar-refractivity contribution in [3.8, 4) is 29.4 Å². The van der Waals surface area contributed by atoms with E-state index in [0.717, 1.165) is 41.2 Å². The van der Waals surface area contributed by atoms with Gasteiger partial charge in [0.25, 0.3) is 0 Å². The number of benzene rings is 3. The standard InChI is InChI=1S/C31H28N2O6.C3H6/c34-19-26-27(35)28(36)29(37)31(39-26)38-25-6-2-4-23(18-25)14-12-21-9-7-20(8-10-21)11-13-22-3-1-5-24(17-22)30-32-15-16-33-30;1-3-2/h1-10,17-18,26-29,31,34-37H,15-16,19H2,(H,32,33);3H,1H2,2H3. The Morgan fingerprint density at radius 3 is 2.07 bits per heavy atom. The van der Waals surface area contributed by atoms with Gasteiger partial charge in [-0.1, -0.05) is 48.0 Å². The molecule has 1 fully saturated rings. The van der Waals surface area contributed by atoms with E-state index in [1.54, 1.807) is 24.3 Å². The number of aliphatic imine (C=N–C) groups is 1. The van der Waals surface area contributed by atoms with E-state index in [2.05, 4.69) is 40.6 Å². The quantitative estimate of drug-likeness (QED) is 0.242. The third-order valence-corrected chi connectivity index (χ3v) is 6.33. The van der Waals surface area contributed by atoms with Crippen LogP contribution in [0.15, 0.2) is 90.4 Å². The van der Waals surface area contributed by atoms with Gasteiger partial charge in [-0.3, -0.25) is 4.99 Å². The second-order valence-corrected chi connectivity index (χ2v) is 9.57. The highest BCUT2D eigenvalue weighted by molar-refractivity contribution is 6.00. The van der Waals surface area contributed by atoms with E-state index in [0.29, 0.717) is 11.3 Å². The first-order valence-corrected chi connectivity index (χ1v) is 13.6. The lowest BCUT2D eigenvalue weighted by molar-refractivity contribution is -0.277. The smallest absolute Gasteiger partial charge is 0.229 e. The lowest BCUT2D eigenvalue weighted by Crippen LogP contribution is -2.60. The molecule has 5 unspecified atom stereocenters. The van der Waals surface area contributed by atoms with E-state index in [9.17, 15) is 20.4 Å². The summed E-state index contributed by atoms with van der Waals surface area (Å²) in [6, 6.07) is 22.5. The third kappa shape index (κ3) is 8.08. The number of ether oxygens (including phenoxy) is 2. The lowest BCUT2D eigenvalue weighted by Gasteiger charge is -2.39. The van der Waals surface area contributed by atoms with Gasteiger partial charge in [-0.15, -0.1) is 6.58 Å². The van der Waals surface area contributed by atoms with E-state index < -0.39 is 37.3 Å². The van der Waals surface area contributed by atoms with Gasteiger partial charge in [0.15, 0.2) is 0 Å². The number of nitrogens with one attached hydrogen (secondary N) is 1. The van der Waals surface area contributed by atoms with Crippen LogP contribution in [0.5, 0.6) is 5.75 Å². The highest BCUT2D eigenvalue weighted by Crippen LogP contribution is 2.24. The molecule has 5 N–H and O–H groups in total. The van der Waals surface area contributed by atoms with Gasteiger partial charge in [-0.05, 0) is 61.5 Å². The number of allylic oxidation sites excluding steroid dienone is 1. The van der Waals surface area contributed by atoms with E-state index >= 15 is 0 Å². The zero-order valence-corrected chi connectivity index (χ0v) is 23.3. The van der Waals surface area contributed by atoms with Crippen LogP contribution in [-0.4, -0.2) is 76.7 Å². The molecule has 8 heteroatoms. The van der Waals surface area contributed by atoms with Gasteiger partial charge in [0, 0.05) is 34.4 Å². The molecule has 0 spiro atoms. The highest BCUT2D eigenvalue weighted by Gasteiger charge is 2.44. The van der Waals surface area contributed by atoms with Crippen molar-refractivity contribution in [2.24, 2.45) is 4.99 Å². The molecule has 3 aromatic carbocycles. The number of aliphatic hydroxyl groups excluding tert-OH is 4. The third-order valence-electron chi connectivity index (χ3n) is 6.33. The summed E-state index contributed by atoms with van der Waals surface area (Å²) < 4.78 is 11.1.